The molecule has 0 spiro atoms. The Hall–Kier alpha value is -0.591. The Morgan fingerprint density at radius 2 is 1.47 bits per heavy atom. The second-order valence-corrected chi connectivity index (χ2v) is 5.08. The average molecular weight is 268 g/mol. The molecule has 0 aliphatic heterocycles. The molecule has 0 heterocycles. The van der Waals surface area contributed by atoms with Gasteiger partial charge in [-0.2, -0.15) is 0 Å². The Morgan fingerprint density at radius 3 is 1.87 bits per heavy atom. The van der Waals surface area contributed by atoms with Crippen molar-refractivity contribution in [1.82, 2.24) is 4.90 Å². The van der Waals surface area contributed by atoms with Crippen molar-refractivity contribution in [2.24, 2.45) is 0 Å². The molecule has 82 valence electrons. The fourth-order valence-electron chi connectivity index (χ4n) is 1.80. The second-order valence-electron chi connectivity index (χ2n) is 4.27. The van der Waals surface area contributed by atoms with Crippen LogP contribution in [0.1, 0.15) is 33.3 Å². The molecule has 0 bridgehead atoms. The number of hydrogen-bond acceptors (Lipinski definition) is 1. The standard InChI is InChI=1S/C13H19NSe/c1-10(2)14(11(3)4)13(15)12-8-6-5-7-9-12/h5-11H,1-4H3. The molecule has 2 heteroatoms. The van der Waals surface area contributed by atoms with E-state index in [1.807, 2.05) is 6.07 Å². The predicted octanol–water partition coefficient (Wildman–Crippen LogP) is 2.45. The molecule has 0 amide bonds. The van der Waals surface area contributed by atoms with Crippen LogP contribution in [0, 0.1) is 0 Å². The first-order valence-corrected chi connectivity index (χ1v) is 6.27. The van der Waals surface area contributed by atoms with Gasteiger partial charge < -0.3 is 0 Å². The molecule has 1 aromatic carbocycles. The van der Waals surface area contributed by atoms with Crippen molar-refractivity contribution in [2.45, 2.75) is 39.8 Å². The quantitative estimate of drug-likeness (QED) is 0.758. The fourth-order valence-corrected chi connectivity index (χ4v) is 2.97. The number of nitrogens with zero attached hydrogens (tertiary/aromatic N) is 1. The summed E-state index contributed by atoms with van der Waals surface area (Å²) in [6, 6.07) is 11.5. The zero-order valence-electron chi connectivity index (χ0n) is 9.90. The van der Waals surface area contributed by atoms with E-state index in [-0.39, 0.29) is 0 Å². The van der Waals surface area contributed by atoms with E-state index >= 15 is 0 Å². The van der Waals surface area contributed by atoms with Gasteiger partial charge >= 0.3 is 101 Å². The van der Waals surface area contributed by atoms with Gasteiger partial charge in [-0.15, -0.1) is 0 Å². The van der Waals surface area contributed by atoms with Gasteiger partial charge in [0.15, 0.2) is 0 Å². The molecule has 0 fully saturated rings. The molecule has 1 nitrogen and oxygen atoms in total. The zero-order valence-corrected chi connectivity index (χ0v) is 11.6. The van der Waals surface area contributed by atoms with Gasteiger partial charge in [0, 0.05) is 0 Å². The maximum absolute atomic E-state index is 3.20. The molecular formula is C13H19NSe. The van der Waals surface area contributed by atoms with Crippen molar-refractivity contribution in [2.75, 3.05) is 0 Å². The summed E-state index contributed by atoms with van der Waals surface area (Å²) >= 11 is 3.20. The van der Waals surface area contributed by atoms with Crippen LogP contribution in [0.25, 0.3) is 0 Å². The molecule has 0 atom stereocenters. The number of hydrogen-bond donors (Lipinski definition) is 0. The van der Waals surface area contributed by atoms with Crippen LogP contribution in [0.4, 0.5) is 0 Å². The van der Waals surface area contributed by atoms with Gasteiger partial charge in [-0.1, -0.05) is 0 Å². The van der Waals surface area contributed by atoms with E-state index in [1.165, 1.54) is 10.1 Å². The van der Waals surface area contributed by atoms with Crippen LogP contribution in [0.5, 0.6) is 0 Å². The molecule has 0 radical (unpaired) electrons. The van der Waals surface area contributed by atoms with Gasteiger partial charge in [-0.05, 0) is 0 Å². The van der Waals surface area contributed by atoms with Crippen molar-refractivity contribution in [3.8, 4) is 0 Å². The molecule has 0 saturated heterocycles. The molecule has 0 saturated carbocycles. The van der Waals surface area contributed by atoms with Crippen LogP contribution < -0.4 is 0 Å². The van der Waals surface area contributed by atoms with Crippen LogP contribution in [-0.2, 0) is 0 Å². The topological polar surface area (TPSA) is 3.24 Å². The van der Waals surface area contributed by atoms with Crippen molar-refractivity contribution >= 4 is 20.1 Å². The van der Waals surface area contributed by atoms with Crippen molar-refractivity contribution in [1.29, 1.82) is 0 Å². The first kappa shape index (κ1) is 12.5. The van der Waals surface area contributed by atoms with E-state index in [2.05, 4.69) is 72.4 Å². The molecule has 0 aliphatic rings. The van der Waals surface area contributed by atoms with E-state index in [4.69, 9.17) is 0 Å². The van der Waals surface area contributed by atoms with E-state index in [1.54, 1.807) is 0 Å². The molecular weight excluding hydrogens is 249 g/mol. The van der Waals surface area contributed by atoms with Crippen LogP contribution in [0.15, 0.2) is 30.3 Å². The van der Waals surface area contributed by atoms with Crippen LogP contribution in [-0.4, -0.2) is 37.1 Å². The van der Waals surface area contributed by atoms with Gasteiger partial charge in [0.1, 0.15) is 0 Å². The molecule has 1 rings (SSSR count). The zero-order chi connectivity index (χ0) is 11.4. The van der Waals surface area contributed by atoms with Gasteiger partial charge in [0.2, 0.25) is 0 Å². The molecule has 0 N–H and O–H groups in total. The molecule has 15 heavy (non-hydrogen) atoms. The van der Waals surface area contributed by atoms with Gasteiger partial charge in [-0.3, -0.25) is 0 Å². The van der Waals surface area contributed by atoms with Crippen LogP contribution in [0.3, 0.4) is 0 Å². The van der Waals surface area contributed by atoms with Crippen LogP contribution in [0.2, 0.25) is 0 Å². The van der Waals surface area contributed by atoms with Crippen molar-refractivity contribution < 1.29 is 0 Å². The SMILES string of the molecule is CC(C)N(C(=[Se])c1ccccc1)C(C)C. The summed E-state index contributed by atoms with van der Waals surface area (Å²) in [6.45, 7) is 8.89. The Labute approximate surface area is 101 Å². The number of benzene rings is 1. The average Bonchev–Trinajstić information content (AvgIpc) is 2.18. The molecule has 0 aliphatic carbocycles. The first-order valence-electron chi connectivity index (χ1n) is 5.41. The monoisotopic (exact) mass is 269 g/mol. The van der Waals surface area contributed by atoms with E-state index in [0.29, 0.717) is 12.1 Å². The van der Waals surface area contributed by atoms with Crippen molar-refractivity contribution in [3.63, 3.8) is 0 Å². The summed E-state index contributed by atoms with van der Waals surface area (Å²) < 4.78 is 1.24. The Morgan fingerprint density at radius 1 is 1.00 bits per heavy atom. The fraction of sp³-hybridized carbons (Fsp3) is 0.462. The van der Waals surface area contributed by atoms with Crippen LogP contribution >= 0.6 is 0 Å². The third kappa shape index (κ3) is 3.19. The maximum atomic E-state index is 3.20. The molecule has 0 unspecified atom stereocenters. The summed E-state index contributed by atoms with van der Waals surface area (Å²) in [4.78, 5) is 2.40. The predicted molar refractivity (Wildman–Crippen MR) is 68.4 cm³/mol. The van der Waals surface area contributed by atoms with Gasteiger partial charge in [-0.25, -0.2) is 0 Å². The molecule has 0 aromatic heterocycles. The Bertz CT molecular complexity index is 309. The van der Waals surface area contributed by atoms with E-state index in [9.17, 15) is 0 Å². The second kappa shape index (κ2) is 5.48. The minimum atomic E-state index is 0.515. The van der Waals surface area contributed by atoms with E-state index < -0.39 is 0 Å². The third-order valence-corrected chi connectivity index (χ3v) is 3.30. The summed E-state index contributed by atoms with van der Waals surface area (Å²) in [5, 5.41) is 0. The first-order chi connectivity index (χ1) is 7.04. The summed E-state index contributed by atoms with van der Waals surface area (Å²) in [5.74, 6) is 0. The molecule has 1 aromatic rings. The summed E-state index contributed by atoms with van der Waals surface area (Å²) in [5.41, 5.74) is 1.26. The Balaban J connectivity index is 2.92. The normalized spacial score (nSPS) is 10.8. The summed E-state index contributed by atoms with van der Waals surface area (Å²) in [7, 11) is 0. The van der Waals surface area contributed by atoms with Gasteiger partial charge in [0.25, 0.3) is 0 Å². The van der Waals surface area contributed by atoms with E-state index in [0.717, 1.165) is 0 Å². The van der Waals surface area contributed by atoms with Crippen molar-refractivity contribution in [3.05, 3.63) is 35.9 Å². The summed E-state index contributed by atoms with van der Waals surface area (Å²) in [6.07, 6.45) is 0. The third-order valence-electron chi connectivity index (χ3n) is 2.37. The number of rotatable bonds is 4. The Kier molecular flexibility index (Phi) is 4.56. The van der Waals surface area contributed by atoms with Gasteiger partial charge in [0.05, 0.1) is 0 Å². The minimum absolute atomic E-state index is 0.515.